The number of urea groups is 1. The van der Waals surface area contributed by atoms with Gasteiger partial charge in [0.05, 0.1) is 0 Å². The van der Waals surface area contributed by atoms with Crippen molar-refractivity contribution in [2.75, 3.05) is 13.6 Å². The van der Waals surface area contributed by atoms with Crippen LogP contribution in [0.1, 0.15) is 20.8 Å². The van der Waals surface area contributed by atoms with Gasteiger partial charge in [-0.25, -0.2) is 4.79 Å². The molecular formula is C9H18N2O. The van der Waals surface area contributed by atoms with Crippen molar-refractivity contribution < 1.29 is 4.79 Å². The van der Waals surface area contributed by atoms with Crippen LogP contribution in [-0.4, -0.2) is 30.1 Å². The van der Waals surface area contributed by atoms with Crippen LogP contribution in [0.2, 0.25) is 0 Å². The van der Waals surface area contributed by atoms with E-state index in [0.29, 0.717) is 6.54 Å². The minimum absolute atomic E-state index is 0.0672. The first-order chi connectivity index (χ1) is 5.37. The SMILES string of the molecule is C=CCN(C)C(=O)NC(C)(C)C. The van der Waals surface area contributed by atoms with Gasteiger partial charge in [0.15, 0.2) is 0 Å². The molecule has 3 nitrogen and oxygen atoms in total. The molecule has 0 fully saturated rings. The number of carbonyl (C=O) groups excluding carboxylic acids is 1. The Morgan fingerprint density at radius 2 is 2.08 bits per heavy atom. The van der Waals surface area contributed by atoms with Gasteiger partial charge in [0.2, 0.25) is 0 Å². The van der Waals surface area contributed by atoms with Crippen molar-refractivity contribution in [3.63, 3.8) is 0 Å². The summed E-state index contributed by atoms with van der Waals surface area (Å²) in [6, 6.07) is -0.0672. The van der Waals surface area contributed by atoms with E-state index in [1.54, 1.807) is 18.0 Å². The van der Waals surface area contributed by atoms with Crippen molar-refractivity contribution >= 4 is 6.03 Å². The van der Waals surface area contributed by atoms with Gasteiger partial charge in [-0.2, -0.15) is 0 Å². The summed E-state index contributed by atoms with van der Waals surface area (Å²) in [6.07, 6.45) is 1.70. The molecular weight excluding hydrogens is 152 g/mol. The lowest BCUT2D eigenvalue weighted by atomic mass is 10.1. The van der Waals surface area contributed by atoms with E-state index in [1.807, 2.05) is 20.8 Å². The predicted octanol–water partition coefficient (Wildman–Crippen LogP) is 1.61. The van der Waals surface area contributed by atoms with E-state index in [2.05, 4.69) is 11.9 Å². The average Bonchev–Trinajstić information content (AvgIpc) is 1.84. The predicted molar refractivity (Wildman–Crippen MR) is 51.1 cm³/mol. The zero-order valence-corrected chi connectivity index (χ0v) is 8.35. The van der Waals surface area contributed by atoms with Gasteiger partial charge in [-0.1, -0.05) is 6.08 Å². The third-order valence-corrected chi connectivity index (χ3v) is 1.23. The number of carbonyl (C=O) groups is 1. The Balaban J connectivity index is 3.95. The lowest BCUT2D eigenvalue weighted by molar-refractivity contribution is 0.203. The Hall–Kier alpha value is -0.990. The number of hydrogen-bond donors (Lipinski definition) is 1. The number of hydrogen-bond acceptors (Lipinski definition) is 1. The van der Waals surface area contributed by atoms with E-state index in [4.69, 9.17) is 0 Å². The molecule has 0 saturated carbocycles. The van der Waals surface area contributed by atoms with Crippen molar-refractivity contribution in [2.45, 2.75) is 26.3 Å². The molecule has 0 atom stereocenters. The number of rotatable bonds is 2. The summed E-state index contributed by atoms with van der Waals surface area (Å²) >= 11 is 0. The van der Waals surface area contributed by atoms with Gasteiger partial charge in [0.1, 0.15) is 0 Å². The van der Waals surface area contributed by atoms with Crippen molar-refractivity contribution in [1.29, 1.82) is 0 Å². The normalized spacial score (nSPS) is 10.7. The molecule has 0 aliphatic rings. The summed E-state index contributed by atoms with van der Waals surface area (Å²) in [5.41, 5.74) is -0.174. The van der Waals surface area contributed by atoms with Gasteiger partial charge in [-0.3, -0.25) is 0 Å². The maximum atomic E-state index is 11.3. The summed E-state index contributed by atoms with van der Waals surface area (Å²) in [4.78, 5) is 12.9. The van der Waals surface area contributed by atoms with Crippen LogP contribution in [0, 0.1) is 0 Å². The average molecular weight is 170 g/mol. The van der Waals surface area contributed by atoms with E-state index in [1.165, 1.54) is 0 Å². The first-order valence-corrected chi connectivity index (χ1v) is 4.01. The summed E-state index contributed by atoms with van der Waals surface area (Å²) in [5, 5.41) is 2.84. The number of likely N-dealkylation sites (N-methyl/N-ethyl adjacent to an activating group) is 1. The molecule has 0 bridgehead atoms. The minimum atomic E-state index is -0.174. The molecule has 0 aromatic carbocycles. The molecule has 0 aliphatic carbocycles. The molecule has 0 unspecified atom stereocenters. The second kappa shape index (κ2) is 4.14. The second-order valence-electron chi connectivity index (χ2n) is 3.85. The smallest absolute Gasteiger partial charge is 0.317 e. The fraction of sp³-hybridized carbons (Fsp3) is 0.667. The van der Waals surface area contributed by atoms with Crippen molar-refractivity contribution in [3.05, 3.63) is 12.7 Å². The highest BCUT2D eigenvalue weighted by Crippen LogP contribution is 1.99. The highest BCUT2D eigenvalue weighted by atomic mass is 16.2. The first kappa shape index (κ1) is 11.0. The Kier molecular flexibility index (Phi) is 3.80. The van der Waals surface area contributed by atoms with Crippen molar-refractivity contribution in [1.82, 2.24) is 10.2 Å². The molecule has 12 heavy (non-hydrogen) atoms. The van der Waals surface area contributed by atoms with Gasteiger partial charge in [0, 0.05) is 19.1 Å². The molecule has 0 heterocycles. The van der Waals surface area contributed by atoms with Crippen LogP contribution in [0.15, 0.2) is 12.7 Å². The fourth-order valence-electron chi connectivity index (χ4n) is 0.693. The molecule has 0 saturated heterocycles. The van der Waals surface area contributed by atoms with Crippen LogP contribution in [0.25, 0.3) is 0 Å². The van der Waals surface area contributed by atoms with E-state index >= 15 is 0 Å². The molecule has 0 aliphatic heterocycles. The Morgan fingerprint density at radius 1 is 1.58 bits per heavy atom. The van der Waals surface area contributed by atoms with E-state index < -0.39 is 0 Å². The number of nitrogens with one attached hydrogen (secondary N) is 1. The molecule has 0 aromatic heterocycles. The van der Waals surface area contributed by atoms with Crippen LogP contribution < -0.4 is 5.32 Å². The maximum Gasteiger partial charge on any atom is 0.317 e. The van der Waals surface area contributed by atoms with Gasteiger partial charge in [-0.15, -0.1) is 6.58 Å². The van der Waals surface area contributed by atoms with Crippen LogP contribution in [-0.2, 0) is 0 Å². The van der Waals surface area contributed by atoms with Crippen molar-refractivity contribution in [3.8, 4) is 0 Å². The molecule has 70 valence electrons. The summed E-state index contributed by atoms with van der Waals surface area (Å²) < 4.78 is 0. The Morgan fingerprint density at radius 3 is 2.42 bits per heavy atom. The number of nitrogens with zero attached hydrogens (tertiary/aromatic N) is 1. The monoisotopic (exact) mass is 170 g/mol. The largest absolute Gasteiger partial charge is 0.333 e. The number of amides is 2. The Bertz CT molecular complexity index is 170. The lowest BCUT2D eigenvalue weighted by Gasteiger charge is -2.24. The van der Waals surface area contributed by atoms with Gasteiger partial charge >= 0.3 is 6.03 Å². The van der Waals surface area contributed by atoms with Crippen LogP contribution in [0.4, 0.5) is 4.79 Å². The Labute approximate surface area is 74.4 Å². The topological polar surface area (TPSA) is 32.3 Å². The highest BCUT2D eigenvalue weighted by Gasteiger charge is 2.15. The quantitative estimate of drug-likeness (QED) is 0.627. The molecule has 0 aromatic rings. The zero-order valence-electron chi connectivity index (χ0n) is 8.35. The standard InChI is InChI=1S/C9H18N2O/c1-6-7-11(5)8(12)10-9(2,3)4/h6H,1,7H2,2-5H3,(H,10,12). The van der Waals surface area contributed by atoms with Gasteiger partial charge in [-0.05, 0) is 20.8 Å². The fourth-order valence-corrected chi connectivity index (χ4v) is 0.693. The molecule has 1 N–H and O–H groups in total. The summed E-state index contributed by atoms with van der Waals surface area (Å²) in [7, 11) is 1.74. The lowest BCUT2D eigenvalue weighted by Crippen LogP contribution is -2.47. The van der Waals surface area contributed by atoms with E-state index in [-0.39, 0.29) is 11.6 Å². The van der Waals surface area contributed by atoms with E-state index in [9.17, 15) is 4.79 Å². The highest BCUT2D eigenvalue weighted by molar-refractivity contribution is 5.74. The van der Waals surface area contributed by atoms with E-state index in [0.717, 1.165) is 0 Å². The van der Waals surface area contributed by atoms with Gasteiger partial charge < -0.3 is 10.2 Å². The second-order valence-corrected chi connectivity index (χ2v) is 3.85. The third kappa shape index (κ3) is 4.77. The van der Waals surface area contributed by atoms with Crippen molar-refractivity contribution in [2.24, 2.45) is 0 Å². The molecule has 3 heteroatoms. The zero-order chi connectivity index (χ0) is 9.78. The molecule has 0 spiro atoms. The van der Waals surface area contributed by atoms with Crippen LogP contribution >= 0.6 is 0 Å². The van der Waals surface area contributed by atoms with Gasteiger partial charge in [0.25, 0.3) is 0 Å². The van der Waals surface area contributed by atoms with Crippen LogP contribution in [0.3, 0.4) is 0 Å². The summed E-state index contributed by atoms with van der Waals surface area (Å²) in [6.45, 7) is 9.98. The minimum Gasteiger partial charge on any atom is -0.333 e. The molecule has 2 amide bonds. The summed E-state index contributed by atoms with van der Waals surface area (Å²) in [5.74, 6) is 0. The first-order valence-electron chi connectivity index (χ1n) is 4.01. The molecule has 0 radical (unpaired) electrons. The van der Waals surface area contributed by atoms with Crippen LogP contribution in [0.5, 0.6) is 0 Å². The molecule has 0 rings (SSSR count). The third-order valence-electron chi connectivity index (χ3n) is 1.23. The maximum absolute atomic E-state index is 11.3.